The lowest BCUT2D eigenvalue weighted by atomic mass is 9.96. The lowest BCUT2D eigenvalue weighted by Gasteiger charge is -2.18. The first-order chi connectivity index (χ1) is 25.5. The fraction of sp³-hybridized carbons (Fsp3) is 0.371. The molecular formula is C35H44F2N8O5S3. The number of thiazole rings is 1. The number of benzene rings is 1. The van der Waals surface area contributed by atoms with Crippen LogP contribution >= 0.6 is 33.2 Å². The summed E-state index contributed by atoms with van der Waals surface area (Å²) >= 11 is 1.97. The van der Waals surface area contributed by atoms with Gasteiger partial charge in [0.2, 0.25) is 5.95 Å². The highest BCUT2D eigenvalue weighted by Crippen LogP contribution is 2.27. The summed E-state index contributed by atoms with van der Waals surface area (Å²) in [6.45, 7) is 5.44. The van der Waals surface area contributed by atoms with Gasteiger partial charge in [-0.25, -0.2) is 19.0 Å². The minimum atomic E-state index is -0.915. The molecule has 13 nitrogen and oxygen atoms in total. The molecule has 0 bridgehead atoms. The van der Waals surface area contributed by atoms with Gasteiger partial charge in [0.15, 0.2) is 12.5 Å². The van der Waals surface area contributed by atoms with Gasteiger partial charge in [0.05, 0.1) is 34.7 Å². The van der Waals surface area contributed by atoms with Crippen molar-refractivity contribution in [3.05, 3.63) is 89.1 Å². The quantitative estimate of drug-likeness (QED) is 0.0342. The molecule has 1 amide bonds. The van der Waals surface area contributed by atoms with Crippen LogP contribution in [0.5, 0.6) is 0 Å². The number of aliphatic hydroxyl groups excluding tert-OH is 1. The van der Waals surface area contributed by atoms with Crippen LogP contribution in [0.3, 0.4) is 0 Å². The number of amides is 1. The van der Waals surface area contributed by atoms with E-state index in [1.807, 2.05) is 44.2 Å². The van der Waals surface area contributed by atoms with Gasteiger partial charge in [0, 0.05) is 34.9 Å². The van der Waals surface area contributed by atoms with Crippen molar-refractivity contribution in [3.63, 3.8) is 0 Å². The van der Waals surface area contributed by atoms with Crippen molar-refractivity contribution in [2.45, 2.75) is 76.6 Å². The zero-order valence-electron chi connectivity index (χ0n) is 29.5. The Kier molecular flexibility index (Phi) is 18.6. The van der Waals surface area contributed by atoms with Crippen LogP contribution < -0.4 is 16.8 Å². The predicted molar refractivity (Wildman–Crippen MR) is 206 cm³/mol. The minimum Gasteiger partial charge on any atom is -0.441 e. The molecule has 4 aromatic rings. The molecular weight excluding hydrogens is 747 g/mol. The lowest BCUT2D eigenvalue weighted by Crippen LogP contribution is -2.37. The zero-order valence-corrected chi connectivity index (χ0v) is 32.0. The van der Waals surface area contributed by atoms with E-state index in [-0.39, 0.29) is 42.4 Å². The summed E-state index contributed by atoms with van der Waals surface area (Å²) < 4.78 is 43.2. The smallest absolute Gasteiger partial charge is 0.324 e. The van der Waals surface area contributed by atoms with E-state index in [9.17, 15) is 18.4 Å². The highest BCUT2D eigenvalue weighted by Gasteiger charge is 2.21. The van der Waals surface area contributed by atoms with Gasteiger partial charge in [0.1, 0.15) is 22.4 Å². The number of esters is 1. The SMILES string of the molecule is CC(C)C(N)C(=O)OCn1cc(-c2nc(C(=O)N/C(C=NC3CCCCC3)=C(/N)c3nc(F)ccc3F)cs2)cn1.CCO.OSSc1ccccc1. The average Bonchev–Trinajstić information content (AvgIpc) is 3.85. The summed E-state index contributed by atoms with van der Waals surface area (Å²) in [7, 11) is 1.35. The van der Waals surface area contributed by atoms with Crippen molar-refractivity contribution in [3.8, 4) is 10.6 Å². The van der Waals surface area contributed by atoms with Crippen LogP contribution in [0.2, 0.25) is 0 Å². The molecule has 0 radical (unpaired) electrons. The van der Waals surface area contributed by atoms with Crippen molar-refractivity contribution in [1.29, 1.82) is 0 Å². The maximum Gasteiger partial charge on any atom is 0.324 e. The third-order valence-corrected chi connectivity index (χ3v) is 9.65. The van der Waals surface area contributed by atoms with E-state index < -0.39 is 35.4 Å². The predicted octanol–water partition coefficient (Wildman–Crippen LogP) is 6.52. The third kappa shape index (κ3) is 14.3. The molecule has 1 unspecified atom stereocenters. The van der Waals surface area contributed by atoms with Crippen LogP contribution in [0, 0.1) is 17.7 Å². The fourth-order valence-corrected chi connectivity index (χ4v) is 6.29. The Morgan fingerprint density at radius 3 is 2.51 bits per heavy atom. The first-order valence-electron chi connectivity index (χ1n) is 16.7. The summed E-state index contributed by atoms with van der Waals surface area (Å²) in [5.41, 5.74) is 11.9. The summed E-state index contributed by atoms with van der Waals surface area (Å²) in [6, 6.07) is 10.8. The van der Waals surface area contributed by atoms with Crippen molar-refractivity contribution in [2.24, 2.45) is 22.4 Å². The van der Waals surface area contributed by atoms with Gasteiger partial charge in [-0.3, -0.25) is 14.6 Å². The maximum absolute atomic E-state index is 14.4. The van der Waals surface area contributed by atoms with E-state index in [0.717, 1.165) is 60.2 Å². The van der Waals surface area contributed by atoms with Gasteiger partial charge in [-0.05, 0) is 60.7 Å². The molecule has 7 N–H and O–H groups in total. The van der Waals surface area contributed by atoms with Crippen LogP contribution in [-0.2, 0) is 16.3 Å². The number of hydrogen-bond acceptors (Lipinski definition) is 14. The number of aliphatic imine (C=N–C) groups is 1. The Balaban J connectivity index is 0.000000538. The first-order valence-corrected chi connectivity index (χ1v) is 19.7. The van der Waals surface area contributed by atoms with Gasteiger partial charge in [-0.2, -0.15) is 9.49 Å². The standard InChI is InChI=1S/C27H32F2N8O3S.C6H6OS2.C2H6O/c1-15(2)22(30)27(39)40-14-37-12-16(10-33-37)26-35-20(13-41-26)25(38)34-19(11-32-17-6-4-3-5-7-17)23(31)24-18(28)8-9-21(29)36-24;7-9-8-6-4-2-1-3-5-6;1-2-3/h8-13,15,17,22H,3-7,14,30-31H2,1-2H3,(H,34,38);1-5,7H;3H,2H2,1H3/b23-19+,32-11?;;. The molecule has 18 heteroatoms. The number of hydrogen-bond donors (Lipinski definition) is 5. The largest absolute Gasteiger partial charge is 0.441 e. The average molecular weight is 791 g/mol. The molecule has 3 aromatic heterocycles. The fourth-order valence-electron chi connectivity index (χ4n) is 4.57. The number of carbonyl (C=O) groups is 2. The summed E-state index contributed by atoms with van der Waals surface area (Å²) in [6.07, 6.45) is 9.49. The number of allylic oxidation sites excluding steroid dienone is 1. The number of halogens is 2. The molecule has 1 aliphatic rings. The second kappa shape index (κ2) is 22.8. The Labute approximate surface area is 319 Å². The molecule has 286 valence electrons. The van der Waals surface area contributed by atoms with E-state index in [4.69, 9.17) is 25.9 Å². The third-order valence-electron chi connectivity index (χ3n) is 7.42. The molecule has 1 fully saturated rings. The van der Waals surface area contributed by atoms with E-state index in [1.165, 1.54) is 44.6 Å². The topological polar surface area (TPSA) is 204 Å². The van der Waals surface area contributed by atoms with Gasteiger partial charge < -0.3 is 31.2 Å². The van der Waals surface area contributed by atoms with Gasteiger partial charge in [-0.1, -0.05) is 51.3 Å². The minimum absolute atomic E-state index is 0.0126. The van der Waals surface area contributed by atoms with Crippen LogP contribution in [0.1, 0.15) is 69.1 Å². The number of ether oxygens (including phenoxy) is 1. The maximum atomic E-state index is 14.4. The van der Waals surface area contributed by atoms with Crippen molar-refractivity contribution in [2.75, 3.05) is 6.61 Å². The molecule has 53 heavy (non-hydrogen) atoms. The van der Waals surface area contributed by atoms with Crippen molar-refractivity contribution in [1.82, 2.24) is 25.1 Å². The molecule has 1 aromatic carbocycles. The van der Waals surface area contributed by atoms with Gasteiger partial charge >= 0.3 is 5.97 Å². The number of aliphatic hydroxyl groups is 1. The Bertz CT molecular complexity index is 1800. The van der Waals surface area contributed by atoms with Crippen LogP contribution in [0.25, 0.3) is 16.3 Å². The highest BCUT2D eigenvalue weighted by molar-refractivity contribution is 8.74. The number of nitrogens with two attached hydrogens (primary N) is 2. The number of nitrogens with one attached hydrogen (secondary N) is 1. The lowest BCUT2D eigenvalue weighted by molar-refractivity contribution is -0.150. The van der Waals surface area contributed by atoms with Crippen LogP contribution in [-0.4, -0.2) is 66.2 Å². The Hall–Kier alpha value is -4.20. The van der Waals surface area contributed by atoms with Crippen molar-refractivity contribution < 1.29 is 32.8 Å². The van der Waals surface area contributed by atoms with E-state index >= 15 is 0 Å². The molecule has 1 saturated carbocycles. The second-order valence-corrected chi connectivity index (χ2v) is 14.4. The van der Waals surface area contributed by atoms with Crippen LogP contribution in [0.15, 0.2) is 75.8 Å². The van der Waals surface area contributed by atoms with E-state index in [2.05, 4.69) is 25.4 Å². The van der Waals surface area contributed by atoms with Gasteiger partial charge in [0.25, 0.3) is 5.91 Å². The first kappa shape index (κ1) is 43.2. The van der Waals surface area contributed by atoms with Crippen molar-refractivity contribution >= 4 is 57.0 Å². The molecule has 5 rings (SSSR count). The summed E-state index contributed by atoms with van der Waals surface area (Å²) in [5.74, 6) is -2.98. The van der Waals surface area contributed by atoms with Crippen LogP contribution in [0.4, 0.5) is 8.78 Å². The highest BCUT2D eigenvalue weighted by atomic mass is 33.1. The summed E-state index contributed by atoms with van der Waals surface area (Å²) in [4.78, 5) is 38.7. The molecule has 0 spiro atoms. The molecule has 1 atom stereocenters. The monoisotopic (exact) mass is 790 g/mol. The Morgan fingerprint density at radius 2 is 1.85 bits per heavy atom. The molecule has 0 saturated heterocycles. The number of rotatable bonds is 12. The Morgan fingerprint density at radius 1 is 1.15 bits per heavy atom. The van der Waals surface area contributed by atoms with E-state index in [0.29, 0.717) is 10.6 Å². The molecule has 0 aliphatic heterocycles. The second-order valence-electron chi connectivity index (χ2n) is 11.8. The zero-order chi connectivity index (χ0) is 38.8. The van der Waals surface area contributed by atoms with E-state index in [1.54, 1.807) is 13.1 Å². The molecule has 1 aliphatic carbocycles. The van der Waals surface area contributed by atoms with Gasteiger partial charge in [-0.15, -0.1) is 11.3 Å². The molecule has 3 heterocycles. The number of carbonyl (C=O) groups excluding carboxylic acids is 2. The number of aromatic nitrogens is 4. The number of pyridine rings is 1. The number of nitrogens with zero attached hydrogens (tertiary/aromatic N) is 5. The summed E-state index contributed by atoms with van der Waals surface area (Å²) in [5, 5.41) is 16.4. The normalized spacial score (nSPS) is 14.1.